The number of rotatable bonds is 3. The van der Waals surface area contributed by atoms with Gasteiger partial charge in [0.25, 0.3) is 0 Å². The summed E-state index contributed by atoms with van der Waals surface area (Å²) in [6, 6.07) is 8.16. The summed E-state index contributed by atoms with van der Waals surface area (Å²) < 4.78 is 27.1. The monoisotopic (exact) mass is 271 g/mol. The van der Waals surface area contributed by atoms with Crippen molar-refractivity contribution < 1.29 is 8.68 Å². The minimum atomic E-state index is -1.46. The molecule has 2 rings (SSSR count). The smallest absolute Gasteiger partial charge is 0.201 e. The molecule has 0 aliphatic heterocycles. The van der Waals surface area contributed by atoms with Crippen LogP contribution in [0.5, 0.6) is 0 Å². The quantitative estimate of drug-likeness (QED) is 0.733. The van der Waals surface area contributed by atoms with Crippen LogP contribution in [-0.2, 0) is 13.4 Å². The van der Waals surface area contributed by atoms with Gasteiger partial charge in [0.2, 0.25) is 5.69 Å². The summed E-state index contributed by atoms with van der Waals surface area (Å²) in [5.74, 6) is -0.153. The first kappa shape index (κ1) is 11.1. The molecule has 0 radical (unpaired) electrons. The van der Waals surface area contributed by atoms with Crippen molar-refractivity contribution in [3.8, 4) is 11.3 Å². The van der Waals surface area contributed by atoms with E-state index < -0.39 is 6.37 Å². The van der Waals surface area contributed by atoms with Crippen molar-refractivity contribution in [2.75, 3.05) is 0 Å². The van der Waals surface area contributed by atoms with E-state index in [-0.39, 0.29) is 5.92 Å². The minimum absolute atomic E-state index is 0.153. The van der Waals surface area contributed by atoms with E-state index in [1.54, 1.807) is 0 Å². The first-order valence-corrected chi connectivity index (χ1v) is 7.15. The number of aromatic nitrogens is 1. The maximum Gasteiger partial charge on any atom is 0.212 e. The number of pyridine rings is 1. The Kier molecular flexibility index (Phi) is 3.20. The fourth-order valence-corrected chi connectivity index (χ4v) is 2.53. The Morgan fingerprint density at radius 2 is 1.85 bits per heavy atom. The number of benzene rings is 1. The summed E-state index contributed by atoms with van der Waals surface area (Å²) in [6.07, 6.45) is -1.09. The van der Waals surface area contributed by atoms with E-state index in [4.69, 9.17) is 4.11 Å². The molecule has 0 bridgehead atoms. The molecule has 1 heteroatoms. The Hall–Kier alpha value is -1.63. The maximum absolute atomic E-state index is 8.45. The molecule has 0 atom stereocenters. The van der Waals surface area contributed by atoms with Crippen LogP contribution in [0.1, 0.15) is 40.2 Å². The zero-order chi connectivity index (χ0) is 17.5. The molecule has 0 aliphatic carbocycles. The highest BCUT2D eigenvalue weighted by atomic mass is 14.9. The lowest BCUT2D eigenvalue weighted by molar-refractivity contribution is -0.660. The lowest BCUT2D eigenvalue weighted by Gasteiger charge is -2.11. The van der Waals surface area contributed by atoms with Crippen LogP contribution in [0.15, 0.2) is 30.4 Å². The van der Waals surface area contributed by atoms with Gasteiger partial charge in [0, 0.05) is 19.9 Å². The van der Waals surface area contributed by atoms with Crippen LogP contribution in [0.25, 0.3) is 11.3 Å². The Bertz CT molecular complexity index is 749. The maximum atomic E-state index is 8.45. The Morgan fingerprint density at radius 3 is 2.45 bits per heavy atom. The van der Waals surface area contributed by atoms with Gasteiger partial charge in [0.05, 0.1) is 0 Å². The first-order valence-electron chi connectivity index (χ1n) is 8.65. The van der Waals surface area contributed by atoms with Gasteiger partial charge in [-0.25, -0.2) is 4.57 Å². The van der Waals surface area contributed by atoms with E-state index >= 15 is 0 Å². The summed E-state index contributed by atoms with van der Waals surface area (Å²) in [5, 5.41) is 0. The molecule has 0 spiro atoms. The molecule has 0 amide bonds. The SMILES string of the molecule is [2H]c1c(C)c(C([2H])([2H])C(C)C)cc(-c2ccc(C)cc2C)[n+]1C. The molecule has 0 fully saturated rings. The van der Waals surface area contributed by atoms with Crippen molar-refractivity contribution in [2.24, 2.45) is 13.0 Å². The standard InChI is InChI=1S/C19H26N/c1-13(2)9-17-11-19(20(6)12-16(17)5)18-8-7-14(3)10-15(18)4/h7-8,10-13H,9H2,1-6H3/q+1/i9D2,12D. The average molecular weight is 271 g/mol. The third-order valence-corrected chi connectivity index (χ3v) is 3.48. The van der Waals surface area contributed by atoms with E-state index in [2.05, 4.69) is 32.0 Å². The normalized spacial score (nSPS) is 14.1. The van der Waals surface area contributed by atoms with Crippen LogP contribution in [0.4, 0.5) is 0 Å². The highest BCUT2D eigenvalue weighted by Gasteiger charge is 2.16. The summed E-state index contributed by atoms with van der Waals surface area (Å²) in [6.45, 7) is 9.72. The van der Waals surface area contributed by atoms with Gasteiger partial charge in [0.15, 0.2) is 6.17 Å². The molecule has 0 unspecified atom stereocenters. The van der Waals surface area contributed by atoms with Gasteiger partial charge in [-0.2, -0.15) is 0 Å². The van der Waals surface area contributed by atoms with Crippen molar-refractivity contribution >= 4 is 0 Å². The van der Waals surface area contributed by atoms with E-state index in [0.29, 0.717) is 17.3 Å². The summed E-state index contributed by atoms with van der Waals surface area (Å²) in [5.41, 5.74) is 5.60. The molecule has 1 heterocycles. The summed E-state index contributed by atoms with van der Waals surface area (Å²) in [4.78, 5) is 0. The van der Waals surface area contributed by atoms with Crippen molar-refractivity contribution in [2.45, 2.75) is 41.0 Å². The predicted molar refractivity (Wildman–Crippen MR) is 85.8 cm³/mol. The largest absolute Gasteiger partial charge is 0.212 e. The van der Waals surface area contributed by atoms with Crippen molar-refractivity contribution in [3.63, 3.8) is 0 Å². The second-order valence-corrected chi connectivity index (χ2v) is 5.86. The van der Waals surface area contributed by atoms with Crippen LogP contribution in [-0.4, -0.2) is 0 Å². The molecular weight excluding hydrogens is 242 g/mol. The molecular formula is C19H26N+. The predicted octanol–water partition coefficient (Wildman–Crippen LogP) is 4.30. The molecule has 0 saturated heterocycles. The van der Waals surface area contributed by atoms with Gasteiger partial charge in [-0.15, -0.1) is 0 Å². The topological polar surface area (TPSA) is 3.88 Å². The molecule has 1 aromatic heterocycles. The van der Waals surface area contributed by atoms with Crippen LogP contribution >= 0.6 is 0 Å². The van der Waals surface area contributed by atoms with Crippen molar-refractivity contribution in [1.82, 2.24) is 0 Å². The molecule has 20 heavy (non-hydrogen) atoms. The molecule has 1 aromatic carbocycles. The fourth-order valence-electron chi connectivity index (χ4n) is 2.53. The van der Waals surface area contributed by atoms with Gasteiger partial charge in [0.1, 0.15) is 8.42 Å². The van der Waals surface area contributed by atoms with Crippen LogP contribution in [0.2, 0.25) is 0 Å². The van der Waals surface area contributed by atoms with Gasteiger partial charge < -0.3 is 0 Å². The third-order valence-electron chi connectivity index (χ3n) is 3.48. The van der Waals surface area contributed by atoms with E-state index in [1.807, 2.05) is 38.5 Å². The van der Waals surface area contributed by atoms with Gasteiger partial charge in [-0.05, 0) is 50.3 Å². The van der Waals surface area contributed by atoms with E-state index in [9.17, 15) is 0 Å². The second-order valence-electron chi connectivity index (χ2n) is 5.86. The summed E-state index contributed by atoms with van der Waals surface area (Å²) >= 11 is 0. The minimum Gasteiger partial charge on any atom is -0.201 e. The number of nitrogens with zero attached hydrogens (tertiary/aromatic N) is 1. The molecule has 0 N–H and O–H groups in total. The van der Waals surface area contributed by atoms with Gasteiger partial charge in [-0.1, -0.05) is 31.5 Å². The highest BCUT2D eigenvalue weighted by Crippen LogP contribution is 2.24. The zero-order valence-electron chi connectivity index (χ0n) is 16.3. The van der Waals surface area contributed by atoms with Crippen molar-refractivity contribution in [3.05, 3.63) is 52.7 Å². The summed E-state index contributed by atoms with van der Waals surface area (Å²) in [7, 11) is 1.87. The third kappa shape index (κ3) is 3.09. The number of hydrogen-bond donors (Lipinski definition) is 0. The molecule has 1 nitrogen and oxygen atoms in total. The van der Waals surface area contributed by atoms with Gasteiger partial charge in [-0.3, -0.25) is 0 Å². The number of aryl methyl sites for hydroxylation is 2. The van der Waals surface area contributed by atoms with Crippen LogP contribution in [0, 0.1) is 26.7 Å². The van der Waals surface area contributed by atoms with Gasteiger partial charge >= 0.3 is 0 Å². The fraction of sp³-hybridized carbons (Fsp3) is 0.421. The van der Waals surface area contributed by atoms with E-state index in [0.717, 1.165) is 16.8 Å². The van der Waals surface area contributed by atoms with Crippen LogP contribution in [0.3, 0.4) is 0 Å². The molecule has 2 aromatic rings. The number of hydrogen-bond acceptors (Lipinski definition) is 0. The lowest BCUT2D eigenvalue weighted by atomic mass is 9.96. The Morgan fingerprint density at radius 1 is 1.15 bits per heavy atom. The highest BCUT2D eigenvalue weighted by molar-refractivity contribution is 5.62. The molecule has 0 saturated carbocycles. The van der Waals surface area contributed by atoms with Crippen molar-refractivity contribution in [1.29, 1.82) is 0 Å². The Labute approximate surface area is 127 Å². The Balaban J connectivity index is 2.78. The molecule has 106 valence electrons. The lowest BCUT2D eigenvalue weighted by Crippen LogP contribution is -2.32. The first-order chi connectivity index (χ1) is 10.6. The second kappa shape index (κ2) is 5.78. The van der Waals surface area contributed by atoms with E-state index in [1.165, 1.54) is 5.56 Å². The zero-order valence-corrected chi connectivity index (χ0v) is 13.3. The molecule has 0 aliphatic rings. The average Bonchev–Trinajstić information content (AvgIpc) is 2.45. The van der Waals surface area contributed by atoms with Crippen LogP contribution < -0.4 is 4.57 Å².